The number of carbonyl (C=O) groups is 1. The normalized spacial score (nSPS) is 12.4. The van der Waals surface area contributed by atoms with Crippen molar-refractivity contribution in [2.45, 2.75) is 32.9 Å². The Morgan fingerprint density at radius 3 is 2.43 bits per heavy atom. The molecule has 142 valence electrons. The average Bonchev–Trinajstić information content (AvgIpc) is 3.01. The van der Waals surface area contributed by atoms with E-state index in [-0.39, 0.29) is 12.5 Å². The lowest BCUT2D eigenvalue weighted by Gasteiger charge is -2.19. The molecular formula is C24H24N2O2. The lowest BCUT2D eigenvalue weighted by Crippen LogP contribution is -2.15. The van der Waals surface area contributed by atoms with E-state index in [0.717, 1.165) is 23.3 Å². The van der Waals surface area contributed by atoms with E-state index in [1.165, 1.54) is 21.9 Å². The number of aliphatic carboxylic acids is 1. The molecule has 0 saturated carbocycles. The predicted molar refractivity (Wildman–Crippen MR) is 115 cm³/mol. The minimum atomic E-state index is -0.819. The van der Waals surface area contributed by atoms with Crippen molar-refractivity contribution in [2.24, 2.45) is 0 Å². The van der Waals surface area contributed by atoms with Crippen LogP contribution in [0.25, 0.3) is 21.8 Å². The summed E-state index contributed by atoms with van der Waals surface area (Å²) in [6.45, 7) is 5.04. The fourth-order valence-corrected chi connectivity index (χ4v) is 3.90. The molecule has 4 aromatic rings. The van der Waals surface area contributed by atoms with Crippen LogP contribution in [0.5, 0.6) is 0 Å². The molecule has 1 atom stereocenters. The van der Waals surface area contributed by atoms with Crippen LogP contribution in [0.2, 0.25) is 0 Å². The van der Waals surface area contributed by atoms with Gasteiger partial charge in [-0.15, -0.1) is 0 Å². The van der Waals surface area contributed by atoms with Crippen LogP contribution in [0, 0.1) is 6.92 Å². The molecule has 0 aliphatic carbocycles. The number of para-hydroxylation sites is 1. The van der Waals surface area contributed by atoms with Crippen LogP contribution in [0.4, 0.5) is 5.69 Å². The van der Waals surface area contributed by atoms with E-state index in [0.29, 0.717) is 0 Å². The summed E-state index contributed by atoms with van der Waals surface area (Å²) < 4.78 is 2.29. The summed E-state index contributed by atoms with van der Waals surface area (Å²) in [5, 5.41) is 15.3. The molecule has 4 heteroatoms. The zero-order chi connectivity index (χ0) is 19.7. The summed E-state index contributed by atoms with van der Waals surface area (Å²) in [6, 6.07) is 22.4. The van der Waals surface area contributed by atoms with Gasteiger partial charge in [0.15, 0.2) is 0 Å². The first-order valence-electron chi connectivity index (χ1n) is 9.62. The Bertz CT molecular complexity index is 1140. The van der Waals surface area contributed by atoms with Gasteiger partial charge in [-0.25, -0.2) is 0 Å². The monoisotopic (exact) mass is 372 g/mol. The number of carboxylic acids is 1. The molecule has 0 fully saturated rings. The molecule has 0 aliphatic heterocycles. The second kappa shape index (κ2) is 7.39. The lowest BCUT2D eigenvalue weighted by atomic mass is 10.0. The number of rotatable bonds is 6. The van der Waals surface area contributed by atoms with Gasteiger partial charge in [-0.05, 0) is 43.7 Å². The second-order valence-corrected chi connectivity index (χ2v) is 7.20. The smallest absolute Gasteiger partial charge is 0.305 e. The Hall–Kier alpha value is -3.27. The molecule has 0 bridgehead atoms. The summed E-state index contributed by atoms with van der Waals surface area (Å²) >= 11 is 0. The Morgan fingerprint density at radius 1 is 1.00 bits per heavy atom. The molecule has 0 spiro atoms. The fraction of sp³-hybridized carbons (Fsp3) is 0.208. The summed E-state index contributed by atoms with van der Waals surface area (Å²) in [5.74, 6) is -0.819. The number of aryl methyl sites for hydroxylation is 2. The molecule has 0 radical (unpaired) electrons. The minimum Gasteiger partial charge on any atom is -0.481 e. The summed E-state index contributed by atoms with van der Waals surface area (Å²) in [5.41, 5.74) is 5.43. The number of carboxylic acid groups (broad SMARTS) is 1. The van der Waals surface area contributed by atoms with E-state index in [1.807, 2.05) is 37.3 Å². The van der Waals surface area contributed by atoms with Gasteiger partial charge >= 0.3 is 5.97 Å². The zero-order valence-electron chi connectivity index (χ0n) is 16.1. The summed E-state index contributed by atoms with van der Waals surface area (Å²) in [6.07, 6.45) is 0.0196. The number of hydrogen-bond acceptors (Lipinski definition) is 2. The molecule has 3 aromatic carbocycles. The standard InChI is InChI=1S/C24H24N2O2/c1-3-26-22-7-5-4-6-19(22)20-13-10-17(14-23(20)26)21(15-24(27)28)25-18-11-8-16(2)9-12-18/h4-14,21,25H,3,15H2,1-2H3,(H,27,28). The van der Waals surface area contributed by atoms with E-state index in [4.69, 9.17) is 0 Å². The Labute approximate surface area is 164 Å². The van der Waals surface area contributed by atoms with Crippen LogP contribution in [0.15, 0.2) is 66.7 Å². The van der Waals surface area contributed by atoms with Gasteiger partial charge < -0.3 is 15.0 Å². The summed E-state index contributed by atoms with van der Waals surface area (Å²) in [7, 11) is 0. The Balaban J connectivity index is 1.80. The highest BCUT2D eigenvalue weighted by molar-refractivity contribution is 6.08. The van der Waals surface area contributed by atoms with Crippen LogP contribution in [0.3, 0.4) is 0 Å². The number of nitrogens with zero attached hydrogens (tertiary/aromatic N) is 1. The molecule has 4 nitrogen and oxygen atoms in total. The number of aromatic nitrogens is 1. The second-order valence-electron chi connectivity index (χ2n) is 7.20. The predicted octanol–water partition coefficient (Wildman–Crippen LogP) is 5.75. The Morgan fingerprint density at radius 2 is 1.71 bits per heavy atom. The van der Waals surface area contributed by atoms with Crippen molar-refractivity contribution in [3.63, 3.8) is 0 Å². The molecule has 0 aliphatic rings. The zero-order valence-corrected chi connectivity index (χ0v) is 16.1. The van der Waals surface area contributed by atoms with Crippen molar-refractivity contribution in [1.29, 1.82) is 0 Å². The van der Waals surface area contributed by atoms with E-state index in [1.54, 1.807) is 0 Å². The van der Waals surface area contributed by atoms with Gasteiger partial charge in [0, 0.05) is 34.0 Å². The van der Waals surface area contributed by atoms with Gasteiger partial charge in [-0.1, -0.05) is 48.0 Å². The average molecular weight is 372 g/mol. The van der Waals surface area contributed by atoms with Gasteiger partial charge in [0.05, 0.1) is 12.5 Å². The molecular weight excluding hydrogens is 348 g/mol. The SMILES string of the molecule is CCn1c2ccccc2c2ccc(C(CC(=O)O)Nc3ccc(C)cc3)cc21. The van der Waals surface area contributed by atoms with Crippen molar-refractivity contribution >= 4 is 33.5 Å². The van der Waals surface area contributed by atoms with E-state index >= 15 is 0 Å². The third-order valence-electron chi connectivity index (χ3n) is 5.29. The Kier molecular flexibility index (Phi) is 4.78. The molecule has 0 saturated heterocycles. The van der Waals surface area contributed by atoms with Crippen LogP contribution in [-0.2, 0) is 11.3 Å². The van der Waals surface area contributed by atoms with Crippen molar-refractivity contribution in [3.8, 4) is 0 Å². The number of anilines is 1. The van der Waals surface area contributed by atoms with Gasteiger partial charge in [0.2, 0.25) is 0 Å². The van der Waals surface area contributed by atoms with Gasteiger partial charge in [-0.2, -0.15) is 0 Å². The fourth-order valence-electron chi connectivity index (χ4n) is 3.90. The topological polar surface area (TPSA) is 54.3 Å². The lowest BCUT2D eigenvalue weighted by molar-refractivity contribution is -0.137. The van der Waals surface area contributed by atoms with Crippen LogP contribution >= 0.6 is 0 Å². The first-order chi connectivity index (χ1) is 13.6. The quantitative estimate of drug-likeness (QED) is 0.453. The third kappa shape index (κ3) is 3.33. The number of nitrogens with one attached hydrogen (secondary N) is 1. The van der Waals surface area contributed by atoms with Crippen molar-refractivity contribution < 1.29 is 9.90 Å². The van der Waals surface area contributed by atoms with Crippen molar-refractivity contribution in [2.75, 3.05) is 5.32 Å². The van der Waals surface area contributed by atoms with Crippen molar-refractivity contribution in [1.82, 2.24) is 4.57 Å². The van der Waals surface area contributed by atoms with Gasteiger partial charge in [0.25, 0.3) is 0 Å². The summed E-state index contributed by atoms with van der Waals surface area (Å²) in [4.78, 5) is 11.5. The van der Waals surface area contributed by atoms with Crippen molar-refractivity contribution in [3.05, 3.63) is 77.9 Å². The van der Waals surface area contributed by atoms with E-state index < -0.39 is 5.97 Å². The number of benzene rings is 3. The largest absolute Gasteiger partial charge is 0.481 e. The molecule has 4 rings (SSSR count). The third-order valence-corrected chi connectivity index (χ3v) is 5.29. The van der Waals surface area contributed by atoms with E-state index in [2.05, 4.69) is 53.2 Å². The van der Waals surface area contributed by atoms with Gasteiger partial charge in [-0.3, -0.25) is 4.79 Å². The molecule has 1 aromatic heterocycles. The number of hydrogen-bond donors (Lipinski definition) is 2. The molecule has 0 amide bonds. The first kappa shape index (κ1) is 18.1. The number of fused-ring (bicyclic) bond motifs is 3. The highest BCUT2D eigenvalue weighted by Gasteiger charge is 2.18. The van der Waals surface area contributed by atoms with Gasteiger partial charge in [0.1, 0.15) is 0 Å². The molecule has 2 N–H and O–H groups in total. The highest BCUT2D eigenvalue weighted by atomic mass is 16.4. The highest BCUT2D eigenvalue weighted by Crippen LogP contribution is 2.32. The molecule has 28 heavy (non-hydrogen) atoms. The minimum absolute atomic E-state index is 0.0196. The molecule has 1 heterocycles. The maximum Gasteiger partial charge on any atom is 0.305 e. The van der Waals surface area contributed by atoms with E-state index in [9.17, 15) is 9.90 Å². The van der Waals surface area contributed by atoms with Crippen LogP contribution in [0.1, 0.15) is 30.5 Å². The first-order valence-corrected chi connectivity index (χ1v) is 9.62. The maximum absolute atomic E-state index is 11.5. The maximum atomic E-state index is 11.5. The molecule has 1 unspecified atom stereocenters. The van der Waals surface area contributed by atoms with Crippen LogP contribution < -0.4 is 5.32 Å². The van der Waals surface area contributed by atoms with Crippen LogP contribution in [-0.4, -0.2) is 15.6 Å².